The van der Waals surface area contributed by atoms with E-state index < -0.39 is 11.2 Å². The summed E-state index contributed by atoms with van der Waals surface area (Å²) >= 11 is 0. The molecule has 1 aromatic heterocycles. The fraction of sp³-hybridized carbons (Fsp3) is 0.455. The Kier molecular flexibility index (Phi) is 6.24. The van der Waals surface area contributed by atoms with E-state index >= 15 is 0 Å². The quantitative estimate of drug-likeness (QED) is 0.805. The van der Waals surface area contributed by atoms with E-state index in [2.05, 4.69) is 4.98 Å². The van der Waals surface area contributed by atoms with Crippen LogP contribution < -0.4 is 11.2 Å². The molecule has 1 saturated heterocycles. The first-order valence-electron chi connectivity index (χ1n) is 10.1. The predicted molar refractivity (Wildman–Crippen MR) is 113 cm³/mol. The van der Waals surface area contributed by atoms with Gasteiger partial charge in [-0.1, -0.05) is 24.3 Å². The highest BCUT2D eigenvalue weighted by molar-refractivity contribution is 5.81. The molecule has 2 amide bonds. The lowest BCUT2D eigenvalue weighted by molar-refractivity contribution is -0.146. The molecule has 0 saturated carbocycles. The molecular weight excluding hydrogens is 384 g/mol. The number of carbonyl (C=O) groups excluding carboxylic acids is 2. The van der Waals surface area contributed by atoms with Gasteiger partial charge < -0.3 is 9.80 Å². The number of amides is 2. The van der Waals surface area contributed by atoms with Gasteiger partial charge in [-0.3, -0.25) is 23.9 Å². The van der Waals surface area contributed by atoms with Gasteiger partial charge in [0.05, 0.1) is 6.42 Å². The highest BCUT2D eigenvalue weighted by atomic mass is 16.2. The number of rotatable bonds is 4. The number of H-pyrrole nitrogens is 1. The van der Waals surface area contributed by atoms with Crippen molar-refractivity contribution in [1.82, 2.24) is 19.4 Å². The van der Waals surface area contributed by atoms with Crippen LogP contribution >= 0.6 is 0 Å². The van der Waals surface area contributed by atoms with Crippen LogP contribution in [-0.2, 0) is 22.6 Å². The van der Waals surface area contributed by atoms with Crippen LogP contribution in [0, 0.1) is 13.8 Å². The van der Waals surface area contributed by atoms with E-state index in [1.807, 2.05) is 49.9 Å². The number of piperazine rings is 1. The van der Waals surface area contributed by atoms with Gasteiger partial charge in [0.25, 0.3) is 5.56 Å². The van der Waals surface area contributed by atoms with Crippen LogP contribution in [0.15, 0.2) is 40.1 Å². The fourth-order valence-corrected chi connectivity index (χ4v) is 3.89. The second kappa shape index (κ2) is 8.69. The summed E-state index contributed by atoms with van der Waals surface area (Å²) in [5.74, 6) is -0.169. The third-order valence-electron chi connectivity index (χ3n) is 6.00. The molecule has 1 aliphatic heterocycles. The second-order valence-electron chi connectivity index (χ2n) is 7.96. The van der Waals surface area contributed by atoms with Crippen LogP contribution in [0.5, 0.6) is 0 Å². The first-order valence-corrected chi connectivity index (χ1v) is 10.1. The zero-order chi connectivity index (χ0) is 22.0. The highest BCUT2D eigenvalue weighted by Gasteiger charge is 2.35. The molecule has 0 unspecified atom stereocenters. The first kappa shape index (κ1) is 21.5. The molecule has 3 rings (SSSR count). The van der Waals surface area contributed by atoms with Gasteiger partial charge in [0.15, 0.2) is 0 Å². The van der Waals surface area contributed by atoms with E-state index in [-0.39, 0.29) is 30.4 Å². The van der Waals surface area contributed by atoms with Crippen LogP contribution in [0.2, 0.25) is 0 Å². The SMILES string of the molecule is Cc1ccccc1CC(=O)N1CCN(C(=O)Cn2cc(C)c(=O)[nH]c2=O)[C@H](C)[C@H]1C. The van der Waals surface area contributed by atoms with Gasteiger partial charge in [-0.2, -0.15) is 0 Å². The molecule has 0 bridgehead atoms. The lowest BCUT2D eigenvalue weighted by atomic mass is 10.0. The molecule has 0 aliphatic carbocycles. The van der Waals surface area contributed by atoms with Crippen molar-refractivity contribution in [2.24, 2.45) is 0 Å². The molecule has 8 heteroatoms. The predicted octanol–water partition coefficient (Wildman–Crippen LogP) is 0.844. The van der Waals surface area contributed by atoms with E-state index in [4.69, 9.17) is 0 Å². The minimum absolute atomic E-state index is 0.0447. The van der Waals surface area contributed by atoms with Crippen LogP contribution in [0.1, 0.15) is 30.5 Å². The van der Waals surface area contributed by atoms with Gasteiger partial charge in [0, 0.05) is 36.9 Å². The standard InChI is InChI=1S/C22H28N4O4/c1-14-7-5-6-8-18(14)11-19(27)25-9-10-26(17(4)16(25)3)20(28)13-24-12-15(2)21(29)23-22(24)30/h5-8,12,16-17H,9-11,13H2,1-4H3,(H,23,29,30)/t16-,17-/m1/s1. The van der Waals surface area contributed by atoms with Crippen molar-refractivity contribution in [2.75, 3.05) is 13.1 Å². The number of carbonyl (C=O) groups is 2. The van der Waals surface area contributed by atoms with Gasteiger partial charge in [-0.05, 0) is 38.8 Å². The summed E-state index contributed by atoms with van der Waals surface area (Å²) in [6.07, 6.45) is 1.73. The van der Waals surface area contributed by atoms with Crippen LogP contribution in [0.4, 0.5) is 0 Å². The minimum atomic E-state index is -0.605. The van der Waals surface area contributed by atoms with Gasteiger partial charge in [-0.25, -0.2) is 4.79 Å². The molecule has 1 fully saturated rings. The summed E-state index contributed by atoms with van der Waals surface area (Å²) < 4.78 is 1.21. The van der Waals surface area contributed by atoms with Crippen LogP contribution in [-0.4, -0.2) is 56.3 Å². The maximum absolute atomic E-state index is 12.9. The van der Waals surface area contributed by atoms with Gasteiger partial charge in [0.2, 0.25) is 11.8 Å². The molecule has 2 atom stereocenters. The number of nitrogens with one attached hydrogen (secondary N) is 1. The number of aromatic amines is 1. The first-order chi connectivity index (χ1) is 14.2. The average Bonchev–Trinajstić information content (AvgIpc) is 2.69. The van der Waals surface area contributed by atoms with Gasteiger partial charge in [0.1, 0.15) is 6.54 Å². The number of hydrogen-bond donors (Lipinski definition) is 1. The van der Waals surface area contributed by atoms with E-state index in [0.29, 0.717) is 25.1 Å². The minimum Gasteiger partial charge on any atom is -0.336 e. The Hall–Kier alpha value is -3.16. The van der Waals surface area contributed by atoms with E-state index in [1.165, 1.54) is 10.8 Å². The van der Waals surface area contributed by atoms with Crippen molar-refractivity contribution in [3.8, 4) is 0 Å². The Morgan fingerprint density at radius 1 is 0.967 bits per heavy atom. The summed E-state index contributed by atoms with van der Waals surface area (Å²) in [7, 11) is 0. The van der Waals surface area contributed by atoms with E-state index in [0.717, 1.165) is 11.1 Å². The largest absolute Gasteiger partial charge is 0.336 e. The van der Waals surface area contributed by atoms with E-state index in [9.17, 15) is 19.2 Å². The number of nitrogens with zero attached hydrogens (tertiary/aromatic N) is 3. The Bertz CT molecular complexity index is 1070. The third kappa shape index (κ3) is 4.37. The fourth-order valence-electron chi connectivity index (χ4n) is 3.89. The van der Waals surface area contributed by atoms with Crippen molar-refractivity contribution >= 4 is 11.8 Å². The second-order valence-corrected chi connectivity index (χ2v) is 7.96. The molecule has 30 heavy (non-hydrogen) atoms. The summed E-state index contributed by atoms with van der Waals surface area (Å²) in [5.41, 5.74) is 1.41. The van der Waals surface area contributed by atoms with Crippen molar-refractivity contribution in [1.29, 1.82) is 0 Å². The van der Waals surface area contributed by atoms with Gasteiger partial charge in [-0.15, -0.1) is 0 Å². The van der Waals surface area contributed by atoms with Crippen molar-refractivity contribution in [3.63, 3.8) is 0 Å². The lowest BCUT2D eigenvalue weighted by Gasteiger charge is -2.45. The molecule has 1 aliphatic rings. The molecule has 2 heterocycles. The van der Waals surface area contributed by atoms with E-state index in [1.54, 1.807) is 11.8 Å². The molecule has 1 N–H and O–H groups in total. The van der Waals surface area contributed by atoms with Crippen molar-refractivity contribution in [2.45, 2.75) is 52.7 Å². The third-order valence-corrected chi connectivity index (χ3v) is 6.00. The summed E-state index contributed by atoms with van der Waals surface area (Å²) in [6, 6.07) is 7.50. The maximum Gasteiger partial charge on any atom is 0.328 e. The summed E-state index contributed by atoms with van der Waals surface area (Å²) in [4.78, 5) is 55.0. The van der Waals surface area contributed by atoms with Crippen molar-refractivity contribution < 1.29 is 9.59 Å². The Labute approximate surface area is 175 Å². The Balaban J connectivity index is 1.68. The van der Waals surface area contributed by atoms with Gasteiger partial charge >= 0.3 is 5.69 Å². The number of benzene rings is 1. The molecule has 160 valence electrons. The average molecular weight is 412 g/mol. The zero-order valence-corrected chi connectivity index (χ0v) is 17.8. The number of hydrogen-bond acceptors (Lipinski definition) is 4. The molecule has 0 radical (unpaired) electrons. The van der Waals surface area contributed by atoms with Crippen LogP contribution in [0.25, 0.3) is 0 Å². The Morgan fingerprint density at radius 2 is 1.57 bits per heavy atom. The highest BCUT2D eigenvalue weighted by Crippen LogP contribution is 2.19. The van der Waals surface area contributed by atoms with Crippen LogP contribution in [0.3, 0.4) is 0 Å². The molecule has 2 aromatic rings. The number of aromatic nitrogens is 2. The molecule has 1 aromatic carbocycles. The number of aryl methyl sites for hydroxylation is 2. The summed E-state index contributed by atoms with van der Waals surface area (Å²) in [5, 5.41) is 0. The zero-order valence-electron chi connectivity index (χ0n) is 17.8. The molecule has 8 nitrogen and oxygen atoms in total. The molecule has 0 spiro atoms. The summed E-state index contributed by atoms with van der Waals surface area (Å²) in [6.45, 7) is 8.13. The smallest absolute Gasteiger partial charge is 0.328 e. The normalized spacial score (nSPS) is 19.1. The topological polar surface area (TPSA) is 95.5 Å². The molecular formula is C22H28N4O4. The lowest BCUT2D eigenvalue weighted by Crippen LogP contribution is -2.61. The Morgan fingerprint density at radius 3 is 2.20 bits per heavy atom. The van der Waals surface area contributed by atoms with Crippen molar-refractivity contribution in [3.05, 3.63) is 68.0 Å². The monoisotopic (exact) mass is 412 g/mol. The maximum atomic E-state index is 12.9.